The maximum absolute atomic E-state index is 5.94. The summed E-state index contributed by atoms with van der Waals surface area (Å²) in [5.74, 6) is 0.754. The lowest BCUT2D eigenvalue weighted by Crippen LogP contribution is -2.05. The molecule has 0 amide bonds. The van der Waals surface area contributed by atoms with Crippen LogP contribution in [-0.4, -0.2) is 7.11 Å². The fourth-order valence-electron chi connectivity index (χ4n) is 1.00. The smallest absolute Gasteiger partial charge is 0.120 e. The van der Waals surface area contributed by atoms with E-state index in [2.05, 4.69) is 0 Å². The van der Waals surface area contributed by atoms with E-state index in [0.717, 1.165) is 11.3 Å². The molecule has 0 bridgehead atoms. The molecule has 13 heavy (non-hydrogen) atoms. The first kappa shape index (κ1) is 12.6. The third kappa shape index (κ3) is 3.07. The molecule has 74 valence electrons. The molecule has 0 aliphatic heterocycles. The molecule has 0 saturated heterocycles. The lowest BCUT2D eigenvalue weighted by molar-refractivity contribution is 0.414. The third-order valence-electron chi connectivity index (χ3n) is 1.70. The fourth-order valence-corrected chi connectivity index (χ4v) is 1.35. The molecule has 1 atom stereocenters. The highest BCUT2D eigenvalue weighted by Gasteiger charge is 2.05. The van der Waals surface area contributed by atoms with Crippen molar-refractivity contribution in [2.75, 3.05) is 7.11 Å². The molecule has 0 aliphatic rings. The van der Waals surface area contributed by atoms with Crippen LogP contribution in [-0.2, 0) is 0 Å². The molecule has 2 N–H and O–H groups in total. The highest BCUT2D eigenvalue weighted by Crippen LogP contribution is 2.25. The lowest BCUT2D eigenvalue weighted by atomic mass is 10.1. The molecule has 1 rings (SSSR count). The molecule has 0 saturated carbocycles. The van der Waals surface area contributed by atoms with Crippen molar-refractivity contribution >= 4 is 24.0 Å². The Balaban J connectivity index is 0.00000144. The van der Waals surface area contributed by atoms with Crippen LogP contribution in [0.3, 0.4) is 0 Å². The van der Waals surface area contributed by atoms with Crippen LogP contribution in [0.2, 0.25) is 5.02 Å². The molecular weight excluding hydrogens is 209 g/mol. The maximum atomic E-state index is 5.94. The van der Waals surface area contributed by atoms with Crippen molar-refractivity contribution in [3.05, 3.63) is 28.8 Å². The summed E-state index contributed by atoms with van der Waals surface area (Å²) in [5, 5.41) is 0.657. The van der Waals surface area contributed by atoms with Gasteiger partial charge in [0.05, 0.1) is 7.11 Å². The standard InChI is InChI=1S/C9H12ClNO.ClH/c1-6(11)8-4-3-7(12-2)5-9(8)10;/h3-6H,11H2,1-2H3;1H. The van der Waals surface area contributed by atoms with E-state index in [0.29, 0.717) is 5.02 Å². The van der Waals surface area contributed by atoms with Crippen molar-refractivity contribution in [2.24, 2.45) is 5.73 Å². The second-order valence-electron chi connectivity index (χ2n) is 2.68. The van der Waals surface area contributed by atoms with Gasteiger partial charge in [-0.1, -0.05) is 17.7 Å². The Bertz CT molecular complexity index is 276. The van der Waals surface area contributed by atoms with E-state index >= 15 is 0 Å². The fraction of sp³-hybridized carbons (Fsp3) is 0.333. The molecule has 1 aromatic carbocycles. The van der Waals surface area contributed by atoms with Gasteiger partial charge in [0.1, 0.15) is 5.75 Å². The summed E-state index contributed by atoms with van der Waals surface area (Å²) in [7, 11) is 1.61. The summed E-state index contributed by atoms with van der Waals surface area (Å²) >= 11 is 5.94. The summed E-state index contributed by atoms with van der Waals surface area (Å²) in [5.41, 5.74) is 6.62. The SMILES string of the molecule is COc1ccc(C(C)N)c(Cl)c1.Cl. The van der Waals surface area contributed by atoms with Crippen molar-refractivity contribution < 1.29 is 4.74 Å². The first-order valence-corrected chi connectivity index (χ1v) is 4.12. The Hall–Kier alpha value is -0.440. The van der Waals surface area contributed by atoms with Crippen LogP contribution < -0.4 is 10.5 Å². The zero-order valence-corrected chi connectivity index (χ0v) is 9.15. The van der Waals surface area contributed by atoms with Gasteiger partial charge in [0.25, 0.3) is 0 Å². The number of nitrogens with two attached hydrogens (primary N) is 1. The van der Waals surface area contributed by atoms with E-state index < -0.39 is 0 Å². The van der Waals surface area contributed by atoms with Gasteiger partial charge in [0.15, 0.2) is 0 Å². The Morgan fingerprint density at radius 3 is 2.46 bits per heavy atom. The van der Waals surface area contributed by atoms with Crippen LogP contribution in [0.4, 0.5) is 0 Å². The highest BCUT2D eigenvalue weighted by molar-refractivity contribution is 6.31. The van der Waals surface area contributed by atoms with Gasteiger partial charge in [-0.25, -0.2) is 0 Å². The second-order valence-corrected chi connectivity index (χ2v) is 3.08. The Kier molecular flexibility index (Phi) is 5.14. The number of rotatable bonds is 2. The number of ether oxygens (including phenoxy) is 1. The van der Waals surface area contributed by atoms with Crippen molar-refractivity contribution in [1.29, 1.82) is 0 Å². The first-order valence-electron chi connectivity index (χ1n) is 3.74. The van der Waals surface area contributed by atoms with E-state index in [9.17, 15) is 0 Å². The van der Waals surface area contributed by atoms with Gasteiger partial charge < -0.3 is 10.5 Å². The summed E-state index contributed by atoms with van der Waals surface area (Å²) < 4.78 is 5.00. The van der Waals surface area contributed by atoms with Gasteiger partial charge in [0.2, 0.25) is 0 Å². The number of benzene rings is 1. The second kappa shape index (κ2) is 5.32. The molecule has 0 spiro atoms. The molecule has 0 aliphatic carbocycles. The maximum Gasteiger partial charge on any atom is 0.120 e. The minimum absolute atomic E-state index is 0. The minimum Gasteiger partial charge on any atom is -0.497 e. The van der Waals surface area contributed by atoms with Crippen molar-refractivity contribution in [1.82, 2.24) is 0 Å². The van der Waals surface area contributed by atoms with Crippen LogP contribution in [0.25, 0.3) is 0 Å². The summed E-state index contributed by atoms with van der Waals surface area (Å²) in [6.07, 6.45) is 0. The minimum atomic E-state index is -0.0385. The molecule has 0 heterocycles. The van der Waals surface area contributed by atoms with Crippen molar-refractivity contribution in [3.8, 4) is 5.75 Å². The molecular formula is C9H13Cl2NO. The van der Waals surface area contributed by atoms with Crippen molar-refractivity contribution in [2.45, 2.75) is 13.0 Å². The molecule has 4 heteroatoms. The van der Waals surface area contributed by atoms with E-state index in [4.69, 9.17) is 22.1 Å². The molecule has 0 fully saturated rings. The number of halogens is 2. The van der Waals surface area contributed by atoms with E-state index in [1.54, 1.807) is 13.2 Å². The number of hydrogen-bond donors (Lipinski definition) is 1. The Morgan fingerprint density at radius 2 is 2.08 bits per heavy atom. The van der Waals surface area contributed by atoms with E-state index in [1.807, 2.05) is 19.1 Å². The quantitative estimate of drug-likeness (QED) is 0.834. The molecule has 0 aromatic heterocycles. The highest BCUT2D eigenvalue weighted by atomic mass is 35.5. The van der Waals surface area contributed by atoms with E-state index in [1.165, 1.54) is 0 Å². The first-order chi connectivity index (χ1) is 5.65. The normalized spacial score (nSPS) is 11.7. The van der Waals surface area contributed by atoms with Gasteiger partial charge >= 0.3 is 0 Å². The average molecular weight is 222 g/mol. The Labute approximate surface area is 89.4 Å². The van der Waals surface area contributed by atoms with Crippen LogP contribution in [0.5, 0.6) is 5.75 Å². The topological polar surface area (TPSA) is 35.2 Å². The van der Waals surface area contributed by atoms with Crippen LogP contribution in [0.15, 0.2) is 18.2 Å². The van der Waals surface area contributed by atoms with Crippen molar-refractivity contribution in [3.63, 3.8) is 0 Å². The van der Waals surface area contributed by atoms with Crippen LogP contribution in [0.1, 0.15) is 18.5 Å². The molecule has 2 nitrogen and oxygen atoms in total. The van der Waals surface area contributed by atoms with Crippen LogP contribution in [0, 0.1) is 0 Å². The number of methoxy groups -OCH3 is 1. The van der Waals surface area contributed by atoms with Gasteiger partial charge in [-0.2, -0.15) is 0 Å². The Morgan fingerprint density at radius 1 is 1.46 bits per heavy atom. The number of hydrogen-bond acceptors (Lipinski definition) is 2. The summed E-state index contributed by atoms with van der Waals surface area (Å²) in [6.45, 7) is 1.90. The monoisotopic (exact) mass is 221 g/mol. The summed E-state index contributed by atoms with van der Waals surface area (Å²) in [4.78, 5) is 0. The molecule has 0 radical (unpaired) electrons. The third-order valence-corrected chi connectivity index (χ3v) is 2.03. The predicted octanol–water partition coefficient (Wildman–Crippen LogP) is 2.79. The molecule has 1 unspecified atom stereocenters. The average Bonchev–Trinajstić information content (AvgIpc) is 2.03. The van der Waals surface area contributed by atoms with Gasteiger partial charge in [-0.3, -0.25) is 0 Å². The zero-order valence-electron chi connectivity index (χ0n) is 7.58. The van der Waals surface area contributed by atoms with Gasteiger partial charge in [0, 0.05) is 11.1 Å². The van der Waals surface area contributed by atoms with Gasteiger partial charge in [-0.15, -0.1) is 12.4 Å². The van der Waals surface area contributed by atoms with E-state index in [-0.39, 0.29) is 18.4 Å². The zero-order chi connectivity index (χ0) is 9.14. The lowest BCUT2D eigenvalue weighted by Gasteiger charge is -2.08. The summed E-state index contributed by atoms with van der Waals surface area (Å²) in [6, 6.07) is 5.46. The van der Waals surface area contributed by atoms with Crippen LogP contribution >= 0.6 is 24.0 Å². The van der Waals surface area contributed by atoms with Gasteiger partial charge in [-0.05, 0) is 24.6 Å². The molecule has 1 aromatic rings. The predicted molar refractivity (Wildman–Crippen MR) is 57.9 cm³/mol. The largest absolute Gasteiger partial charge is 0.497 e.